The largest absolute Gasteiger partial charge is 0.392 e. The maximum atomic E-state index is 13.4. The number of halogens is 1. The average Bonchev–Trinajstić information content (AvgIpc) is 2.39. The zero-order chi connectivity index (χ0) is 13.0. The molecule has 3 nitrogen and oxygen atoms in total. The predicted octanol–water partition coefficient (Wildman–Crippen LogP) is 2.75. The molecule has 92 valence electrons. The number of hydrogen-bond acceptors (Lipinski definition) is 3. The first-order valence-corrected chi connectivity index (χ1v) is 5.57. The fraction of sp³-hybridized carbons (Fsp3) is 0.143. The first-order chi connectivity index (χ1) is 8.70. The van der Waals surface area contributed by atoms with Gasteiger partial charge in [0.25, 0.3) is 0 Å². The first kappa shape index (κ1) is 12.4. The van der Waals surface area contributed by atoms with Crippen LogP contribution in [-0.2, 0) is 0 Å². The van der Waals surface area contributed by atoms with E-state index < -0.39 is 5.83 Å². The molecule has 0 radical (unpaired) electrons. The van der Waals surface area contributed by atoms with Crippen LogP contribution < -0.4 is 0 Å². The number of hydrogen-bond donors (Lipinski definition) is 1. The van der Waals surface area contributed by atoms with Crippen molar-refractivity contribution in [3.05, 3.63) is 53.9 Å². The molecule has 0 unspecified atom stereocenters. The molecule has 1 heterocycles. The molecular formula is C14H13FN2O. The Bertz CT molecular complexity index is 564. The van der Waals surface area contributed by atoms with Crippen LogP contribution in [0.2, 0.25) is 0 Å². The van der Waals surface area contributed by atoms with Gasteiger partial charge in [0.2, 0.25) is 0 Å². The molecule has 0 aliphatic heterocycles. The van der Waals surface area contributed by atoms with E-state index in [2.05, 4.69) is 9.97 Å². The molecule has 0 bridgehead atoms. The summed E-state index contributed by atoms with van der Waals surface area (Å²) >= 11 is 0. The third-order valence-corrected chi connectivity index (χ3v) is 2.48. The highest BCUT2D eigenvalue weighted by Crippen LogP contribution is 2.20. The Hall–Kier alpha value is -2.07. The van der Waals surface area contributed by atoms with Crippen LogP contribution in [0.25, 0.3) is 17.2 Å². The van der Waals surface area contributed by atoms with Gasteiger partial charge in [-0.15, -0.1) is 0 Å². The van der Waals surface area contributed by atoms with E-state index in [0.717, 1.165) is 17.3 Å². The van der Waals surface area contributed by atoms with E-state index in [-0.39, 0.29) is 6.61 Å². The molecule has 0 amide bonds. The van der Waals surface area contributed by atoms with E-state index in [1.54, 1.807) is 30.5 Å². The van der Waals surface area contributed by atoms with Gasteiger partial charge in [0.1, 0.15) is 5.83 Å². The smallest absolute Gasteiger partial charge is 0.159 e. The van der Waals surface area contributed by atoms with Crippen molar-refractivity contribution in [3.8, 4) is 11.4 Å². The van der Waals surface area contributed by atoms with Crippen molar-refractivity contribution in [2.45, 2.75) is 6.92 Å². The van der Waals surface area contributed by atoms with Crippen LogP contribution >= 0.6 is 0 Å². The summed E-state index contributed by atoms with van der Waals surface area (Å²) in [5.41, 5.74) is 2.15. The van der Waals surface area contributed by atoms with E-state index in [4.69, 9.17) is 5.11 Å². The van der Waals surface area contributed by atoms with Crippen LogP contribution in [0, 0.1) is 6.92 Å². The molecule has 2 rings (SSSR count). The van der Waals surface area contributed by atoms with Crippen molar-refractivity contribution in [1.82, 2.24) is 9.97 Å². The Labute approximate surface area is 105 Å². The first-order valence-electron chi connectivity index (χ1n) is 5.57. The van der Waals surface area contributed by atoms with E-state index in [9.17, 15) is 4.39 Å². The van der Waals surface area contributed by atoms with Gasteiger partial charge in [-0.05, 0) is 19.1 Å². The minimum atomic E-state index is -0.436. The third kappa shape index (κ3) is 2.78. The second kappa shape index (κ2) is 5.51. The van der Waals surface area contributed by atoms with Crippen LogP contribution in [0.4, 0.5) is 4.39 Å². The Morgan fingerprint density at radius 3 is 2.61 bits per heavy atom. The highest BCUT2D eigenvalue weighted by molar-refractivity contribution is 5.64. The number of aryl methyl sites for hydroxylation is 1. The Morgan fingerprint density at radius 1 is 1.28 bits per heavy atom. The van der Waals surface area contributed by atoms with Crippen LogP contribution in [0.3, 0.4) is 0 Å². The summed E-state index contributed by atoms with van der Waals surface area (Å²) in [6.45, 7) is 1.58. The molecule has 1 N–H and O–H groups in total. The number of aliphatic hydroxyl groups excluding tert-OH is 1. The van der Waals surface area contributed by atoms with Gasteiger partial charge in [0.05, 0.1) is 6.61 Å². The van der Waals surface area contributed by atoms with Crippen LogP contribution in [0.1, 0.15) is 11.3 Å². The highest BCUT2D eigenvalue weighted by Gasteiger charge is 2.03. The number of aliphatic hydroxyl groups is 1. The summed E-state index contributed by atoms with van der Waals surface area (Å²) in [5.74, 6) is 0.183. The van der Waals surface area contributed by atoms with Crippen LogP contribution in [-0.4, -0.2) is 21.7 Å². The fourth-order valence-electron chi connectivity index (χ4n) is 1.56. The minimum absolute atomic E-state index is 0.311. The summed E-state index contributed by atoms with van der Waals surface area (Å²) in [7, 11) is 0. The van der Waals surface area contributed by atoms with Gasteiger partial charge < -0.3 is 5.11 Å². The molecule has 0 spiro atoms. The zero-order valence-corrected chi connectivity index (χ0v) is 9.97. The second-order valence-corrected chi connectivity index (χ2v) is 3.83. The van der Waals surface area contributed by atoms with Crippen molar-refractivity contribution in [2.24, 2.45) is 0 Å². The lowest BCUT2D eigenvalue weighted by Gasteiger charge is -2.02. The Morgan fingerprint density at radius 2 is 2.00 bits per heavy atom. The zero-order valence-electron chi connectivity index (χ0n) is 9.97. The van der Waals surface area contributed by atoms with E-state index in [1.807, 2.05) is 13.0 Å². The molecule has 2 aromatic rings. The summed E-state index contributed by atoms with van der Waals surface area (Å²) in [4.78, 5) is 8.46. The van der Waals surface area contributed by atoms with Gasteiger partial charge in [0.15, 0.2) is 5.82 Å². The van der Waals surface area contributed by atoms with Crippen LogP contribution in [0.15, 0.2) is 42.6 Å². The van der Waals surface area contributed by atoms with Crippen molar-refractivity contribution in [3.63, 3.8) is 0 Å². The molecule has 1 aromatic heterocycles. The molecule has 1 aromatic carbocycles. The summed E-state index contributed by atoms with van der Waals surface area (Å²) in [6.07, 6.45) is 2.82. The summed E-state index contributed by atoms with van der Waals surface area (Å²) in [5, 5.41) is 8.62. The molecular weight excluding hydrogens is 231 g/mol. The summed E-state index contributed by atoms with van der Waals surface area (Å²) < 4.78 is 13.4. The molecule has 0 saturated heterocycles. The van der Waals surface area contributed by atoms with Crippen LogP contribution in [0.5, 0.6) is 0 Å². The molecule has 0 atom stereocenters. The monoisotopic (exact) mass is 244 g/mol. The minimum Gasteiger partial charge on any atom is -0.392 e. The molecule has 0 aliphatic rings. The molecule has 0 saturated carbocycles. The number of aromatic nitrogens is 2. The van der Waals surface area contributed by atoms with E-state index >= 15 is 0 Å². The highest BCUT2D eigenvalue weighted by atomic mass is 19.1. The van der Waals surface area contributed by atoms with Crippen molar-refractivity contribution in [1.29, 1.82) is 0 Å². The average molecular weight is 244 g/mol. The molecule has 0 aliphatic carbocycles. The normalized spacial score (nSPS) is 11.6. The third-order valence-electron chi connectivity index (χ3n) is 2.48. The van der Waals surface area contributed by atoms with Gasteiger partial charge in [-0.1, -0.05) is 24.3 Å². The van der Waals surface area contributed by atoms with Crippen molar-refractivity contribution >= 4 is 5.83 Å². The van der Waals surface area contributed by atoms with E-state index in [0.29, 0.717) is 11.4 Å². The number of nitrogens with zero attached hydrogens (tertiary/aromatic N) is 2. The van der Waals surface area contributed by atoms with Gasteiger partial charge in [-0.3, -0.25) is 0 Å². The molecule has 18 heavy (non-hydrogen) atoms. The van der Waals surface area contributed by atoms with E-state index in [1.165, 1.54) is 0 Å². The fourth-order valence-corrected chi connectivity index (χ4v) is 1.56. The van der Waals surface area contributed by atoms with Crippen molar-refractivity contribution in [2.75, 3.05) is 6.61 Å². The van der Waals surface area contributed by atoms with Gasteiger partial charge >= 0.3 is 0 Å². The van der Waals surface area contributed by atoms with Gasteiger partial charge in [-0.2, -0.15) is 0 Å². The van der Waals surface area contributed by atoms with Gasteiger partial charge in [0, 0.05) is 23.0 Å². The molecule has 0 fully saturated rings. The topological polar surface area (TPSA) is 46.0 Å². The quantitative estimate of drug-likeness (QED) is 0.903. The molecule has 4 heteroatoms. The lowest BCUT2D eigenvalue weighted by molar-refractivity contribution is 0.342. The maximum Gasteiger partial charge on any atom is 0.159 e. The standard InChI is InChI=1S/C14H13FN2O/c1-10-6-8-16-14(17-10)12-4-2-11(3-5-12)13(15)7-9-18/h2-8,18H,9H2,1H3. The Balaban J connectivity index is 2.30. The second-order valence-electron chi connectivity index (χ2n) is 3.83. The Kier molecular flexibility index (Phi) is 3.79. The van der Waals surface area contributed by atoms with Crippen molar-refractivity contribution < 1.29 is 9.50 Å². The maximum absolute atomic E-state index is 13.4. The SMILES string of the molecule is Cc1ccnc(-c2ccc(C(F)=CCO)cc2)n1. The number of rotatable bonds is 3. The lowest BCUT2D eigenvalue weighted by atomic mass is 10.1. The van der Waals surface area contributed by atoms with Gasteiger partial charge in [-0.25, -0.2) is 14.4 Å². The lowest BCUT2D eigenvalue weighted by Crippen LogP contribution is -1.90. The predicted molar refractivity (Wildman–Crippen MR) is 68.4 cm³/mol. The number of benzene rings is 1. The summed E-state index contributed by atoms with van der Waals surface area (Å²) in [6, 6.07) is 8.62.